The van der Waals surface area contributed by atoms with Gasteiger partial charge < -0.3 is 0 Å². The first-order valence-electron chi connectivity index (χ1n) is 10.2. The van der Waals surface area contributed by atoms with Gasteiger partial charge in [0, 0.05) is 0 Å². The number of hydrogen-bond donors (Lipinski definition) is 0. The standard InChI is InChI=1S/C8H13Ge.3C4H9O.Zr/c1-9(2,3)8-6-4-5-7-8;3*1-2-3-4-5;/h4,6H,5H2,1-3H3;3*2-4H2,1H3;/q;3*-1;+3. The van der Waals surface area contributed by atoms with Crippen LogP contribution in [0.2, 0.25) is 17.3 Å². The molecule has 0 heterocycles. The average molecular weight is 492 g/mol. The van der Waals surface area contributed by atoms with Gasteiger partial charge in [-0.1, -0.05) is 0 Å². The van der Waals surface area contributed by atoms with Crippen LogP contribution in [0, 0.1) is 0 Å². The Morgan fingerprint density at radius 2 is 1.28 bits per heavy atom. The molecule has 0 fully saturated rings. The maximum absolute atomic E-state index is 6.57. The van der Waals surface area contributed by atoms with Crippen molar-refractivity contribution in [3.05, 3.63) is 19.8 Å². The van der Waals surface area contributed by atoms with Gasteiger partial charge in [0.1, 0.15) is 0 Å². The average Bonchev–Trinajstić information content (AvgIpc) is 3.05. The fraction of sp³-hybridized carbons (Fsp3) is 0.800. The predicted molar refractivity (Wildman–Crippen MR) is 107 cm³/mol. The number of hydrogen-bond acceptors (Lipinski definition) is 3. The van der Waals surface area contributed by atoms with Crippen molar-refractivity contribution >= 4 is 13.3 Å². The molecule has 25 heavy (non-hydrogen) atoms. The molecule has 5 heteroatoms. The Bertz CT molecular complexity index is 414. The molecule has 0 radical (unpaired) electrons. The molecule has 0 bridgehead atoms. The molecule has 0 saturated carbocycles. The zero-order valence-corrected chi connectivity index (χ0v) is 22.0. The van der Waals surface area contributed by atoms with Crippen LogP contribution in [-0.4, -0.2) is 33.1 Å². The van der Waals surface area contributed by atoms with E-state index in [0.717, 1.165) is 64.8 Å². The van der Waals surface area contributed by atoms with Crippen molar-refractivity contribution in [2.75, 3.05) is 19.8 Å². The molecule has 0 aliphatic heterocycles. The van der Waals surface area contributed by atoms with E-state index < -0.39 is 34.9 Å². The third kappa shape index (κ3) is 7.74. The van der Waals surface area contributed by atoms with Crippen molar-refractivity contribution in [2.45, 2.75) is 83.0 Å². The fourth-order valence-electron chi connectivity index (χ4n) is 2.94. The van der Waals surface area contributed by atoms with E-state index in [1.54, 1.807) is 4.41 Å². The second kappa shape index (κ2) is 12.3. The van der Waals surface area contributed by atoms with Crippen LogP contribution in [0.25, 0.3) is 0 Å². The Balaban J connectivity index is 3.14. The Labute approximate surface area is 165 Å². The van der Waals surface area contributed by atoms with Crippen LogP contribution in [0.15, 0.2) is 19.8 Å². The monoisotopic (exact) mass is 492 g/mol. The van der Waals surface area contributed by atoms with Gasteiger partial charge in [0.05, 0.1) is 0 Å². The summed E-state index contributed by atoms with van der Waals surface area (Å²) in [5, 5.41) is 0. The van der Waals surface area contributed by atoms with Crippen LogP contribution >= 0.6 is 0 Å². The summed E-state index contributed by atoms with van der Waals surface area (Å²) in [6.45, 7) is 8.96. The molecule has 0 aromatic heterocycles. The molecular weight excluding hydrogens is 452 g/mol. The van der Waals surface area contributed by atoms with Gasteiger partial charge in [-0.3, -0.25) is 0 Å². The zero-order valence-electron chi connectivity index (χ0n) is 17.5. The van der Waals surface area contributed by atoms with Crippen LogP contribution in [-0.2, 0) is 30.0 Å². The third-order valence-electron chi connectivity index (χ3n) is 4.48. The molecule has 1 aliphatic carbocycles. The quantitative estimate of drug-likeness (QED) is 0.207. The van der Waals surface area contributed by atoms with E-state index in [4.69, 9.17) is 8.44 Å². The summed E-state index contributed by atoms with van der Waals surface area (Å²) in [6.07, 6.45) is 12.3. The second-order valence-corrected chi connectivity index (χ2v) is 24.8. The minimum atomic E-state index is -3.71. The maximum atomic E-state index is 6.57. The SMILES string of the molecule is CCCC[O][Zr]([O]CCCC)([O]CCCC)[C]1=[C]([Ge]([CH3])([CH3])[CH3])C=CC1. The van der Waals surface area contributed by atoms with Gasteiger partial charge in [0.15, 0.2) is 0 Å². The predicted octanol–water partition coefficient (Wildman–Crippen LogP) is 6.43. The van der Waals surface area contributed by atoms with Crippen LogP contribution in [0.3, 0.4) is 0 Å². The third-order valence-corrected chi connectivity index (χ3v) is 17.4. The molecule has 3 nitrogen and oxygen atoms in total. The molecule has 1 rings (SSSR count). The number of allylic oxidation sites excluding steroid dienone is 4. The van der Waals surface area contributed by atoms with Gasteiger partial charge in [0.2, 0.25) is 0 Å². The first kappa shape index (κ1) is 23.8. The molecule has 0 aromatic carbocycles. The normalized spacial score (nSPS) is 15.4. The first-order valence-corrected chi connectivity index (χ1v) is 21.8. The summed E-state index contributed by atoms with van der Waals surface area (Å²) in [4.78, 5) is 0. The molecule has 0 N–H and O–H groups in total. The van der Waals surface area contributed by atoms with Crippen molar-refractivity contribution in [1.82, 2.24) is 0 Å². The van der Waals surface area contributed by atoms with E-state index in [-0.39, 0.29) is 0 Å². The van der Waals surface area contributed by atoms with E-state index in [1.807, 2.05) is 0 Å². The Hall–Kier alpha value is 0.786. The summed E-state index contributed by atoms with van der Waals surface area (Å²) < 4.78 is 22.7. The summed E-state index contributed by atoms with van der Waals surface area (Å²) in [5.41, 5.74) is 0. The minimum absolute atomic E-state index is 0.777. The first-order chi connectivity index (χ1) is 11.9. The van der Waals surface area contributed by atoms with E-state index in [0.29, 0.717) is 0 Å². The second-order valence-electron chi connectivity index (χ2n) is 7.91. The summed E-state index contributed by atoms with van der Waals surface area (Å²) in [6, 6.07) is 0. The van der Waals surface area contributed by atoms with Crippen LogP contribution in [0.5, 0.6) is 0 Å². The summed E-state index contributed by atoms with van der Waals surface area (Å²) in [5.74, 6) is 7.39. The van der Waals surface area contributed by atoms with Gasteiger partial charge in [-0.2, -0.15) is 0 Å². The molecular formula is C20H40GeO3Zr. The van der Waals surface area contributed by atoms with Gasteiger partial charge in [-0.15, -0.1) is 0 Å². The van der Waals surface area contributed by atoms with Crippen molar-refractivity contribution in [1.29, 1.82) is 0 Å². The molecule has 0 aromatic rings. The molecule has 146 valence electrons. The number of unbranched alkanes of at least 4 members (excludes halogenated alkanes) is 3. The van der Waals surface area contributed by atoms with Gasteiger partial charge >= 0.3 is 166 Å². The Morgan fingerprint density at radius 3 is 1.64 bits per heavy atom. The van der Waals surface area contributed by atoms with Crippen LogP contribution in [0.1, 0.15) is 65.7 Å². The van der Waals surface area contributed by atoms with Crippen molar-refractivity contribution in [2.24, 2.45) is 0 Å². The van der Waals surface area contributed by atoms with Crippen molar-refractivity contribution < 1.29 is 30.0 Å². The van der Waals surface area contributed by atoms with Gasteiger partial charge in [-0.25, -0.2) is 0 Å². The molecule has 0 amide bonds. The molecule has 0 unspecified atom stereocenters. The Morgan fingerprint density at radius 1 is 0.840 bits per heavy atom. The van der Waals surface area contributed by atoms with Gasteiger partial charge in [-0.05, 0) is 0 Å². The summed E-state index contributed by atoms with van der Waals surface area (Å²) in [7, 11) is 0. The molecule has 0 spiro atoms. The number of rotatable bonds is 14. The van der Waals surface area contributed by atoms with Crippen LogP contribution < -0.4 is 0 Å². The van der Waals surface area contributed by atoms with Gasteiger partial charge in [0.25, 0.3) is 0 Å². The van der Waals surface area contributed by atoms with Crippen molar-refractivity contribution in [3.63, 3.8) is 0 Å². The zero-order chi connectivity index (χ0) is 18.8. The van der Waals surface area contributed by atoms with E-state index in [2.05, 4.69) is 50.2 Å². The molecule has 1 aliphatic rings. The van der Waals surface area contributed by atoms with E-state index in [1.165, 1.54) is 3.28 Å². The topological polar surface area (TPSA) is 27.7 Å². The fourth-order valence-corrected chi connectivity index (χ4v) is 19.9. The summed E-state index contributed by atoms with van der Waals surface area (Å²) >= 11 is -5.68. The van der Waals surface area contributed by atoms with E-state index >= 15 is 0 Å². The Kier molecular flexibility index (Phi) is 11.7. The van der Waals surface area contributed by atoms with Crippen molar-refractivity contribution in [3.8, 4) is 0 Å². The molecule has 0 saturated heterocycles. The van der Waals surface area contributed by atoms with E-state index in [9.17, 15) is 0 Å². The van der Waals surface area contributed by atoms with Crippen LogP contribution in [0.4, 0.5) is 0 Å². The molecule has 0 atom stereocenters.